The van der Waals surface area contributed by atoms with E-state index < -0.39 is 0 Å². The molecular weight excluding hydrogens is 425 g/mol. The summed E-state index contributed by atoms with van der Waals surface area (Å²) >= 11 is 7.53. The normalized spacial score (nSPS) is 16.0. The maximum absolute atomic E-state index is 13.8. The third-order valence-corrected chi connectivity index (χ3v) is 6.25. The molecule has 0 radical (unpaired) electrons. The summed E-state index contributed by atoms with van der Waals surface area (Å²) in [6, 6.07) is 19.2. The maximum atomic E-state index is 13.8. The molecule has 1 atom stereocenters. The van der Waals surface area contributed by atoms with Gasteiger partial charge in [0.25, 0.3) is 0 Å². The van der Waals surface area contributed by atoms with Gasteiger partial charge >= 0.3 is 0 Å². The minimum Gasteiger partial charge on any atom is -0.493 e. The lowest BCUT2D eigenvalue weighted by molar-refractivity contribution is -0.115. The molecule has 0 aliphatic carbocycles. The van der Waals surface area contributed by atoms with Crippen LogP contribution in [0.25, 0.3) is 0 Å². The van der Waals surface area contributed by atoms with Crippen LogP contribution < -0.4 is 14.4 Å². The largest absolute Gasteiger partial charge is 0.493 e. The Hall–Kier alpha value is -2.70. The molecule has 1 fully saturated rings. The van der Waals surface area contributed by atoms with Crippen LogP contribution in [0.2, 0.25) is 5.02 Å². The van der Waals surface area contributed by atoms with E-state index >= 15 is 0 Å². The quantitative estimate of drug-likeness (QED) is 0.479. The minimum atomic E-state index is -0.312. The van der Waals surface area contributed by atoms with Crippen molar-refractivity contribution in [3.63, 3.8) is 0 Å². The summed E-state index contributed by atoms with van der Waals surface area (Å²) in [5, 5.41) is 0.431. The summed E-state index contributed by atoms with van der Waals surface area (Å²) in [5.41, 5.74) is 2.17. The fraction of sp³-hybridized carbons (Fsp3) is 0.174. The molecule has 1 saturated heterocycles. The van der Waals surface area contributed by atoms with Crippen molar-refractivity contribution in [2.45, 2.75) is 12.0 Å². The second kappa shape index (κ2) is 8.98. The molecule has 154 valence electrons. The Morgan fingerprint density at radius 3 is 2.60 bits per heavy atom. The molecule has 3 aromatic carbocycles. The summed E-state index contributed by atoms with van der Waals surface area (Å²) in [5.74, 6) is 1.15. The lowest BCUT2D eigenvalue weighted by Gasteiger charge is -2.25. The Bertz CT molecular complexity index is 1060. The van der Waals surface area contributed by atoms with Gasteiger partial charge in [-0.25, -0.2) is 4.39 Å². The predicted octanol–water partition coefficient (Wildman–Crippen LogP) is 5.85. The van der Waals surface area contributed by atoms with Crippen LogP contribution in [0.1, 0.15) is 16.5 Å². The predicted molar refractivity (Wildman–Crippen MR) is 118 cm³/mol. The molecule has 0 N–H and O–H groups in total. The Morgan fingerprint density at radius 2 is 1.87 bits per heavy atom. The van der Waals surface area contributed by atoms with Crippen LogP contribution in [0.4, 0.5) is 10.1 Å². The van der Waals surface area contributed by atoms with E-state index in [4.69, 9.17) is 21.1 Å². The lowest BCUT2D eigenvalue weighted by atomic mass is 10.1. The Labute approximate surface area is 183 Å². The molecule has 7 heteroatoms. The van der Waals surface area contributed by atoms with Gasteiger partial charge in [-0.05, 0) is 48.0 Å². The number of hydrogen-bond donors (Lipinski definition) is 0. The number of rotatable bonds is 6. The molecule has 0 bridgehead atoms. The van der Waals surface area contributed by atoms with Gasteiger partial charge in [-0.2, -0.15) is 0 Å². The highest BCUT2D eigenvalue weighted by Gasteiger charge is 2.34. The number of carbonyl (C=O) groups is 1. The average Bonchev–Trinajstić information content (AvgIpc) is 3.15. The van der Waals surface area contributed by atoms with Gasteiger partial charge in [0.05, 0.1) is 12.9 Å². The second-order valence-electron chi connectivity index (χ2n) is 6.69. The van der Waals surface area contributed by atoms with Crippen molar-refractivity contribution in [1.29, 1.82) is 0 Å². The topological polar surface area (TPSA) is 38.8 Å². The molecule has 4 nitrogen and oxygen atoms in total. The van der Waals surface area contributed by atoms with Gasteiger partial charge in [0.1, 0.15) is 17.8 Å². The number of ether oxygens (including phenoxy) is 2. The molecule has 1 heterocycles. The summed E-state index contributed by atoms with van der Waals surface area (Å²) in [4.78, 5) is 14.3. The zero-order valence-corrected chi connectivity index (χ0v) is 17.8. The second-order valence-corrected chi connectivity index (χ2v) is 8.20. The highest BCUT2D eigenvalue weighted by Crippen LogP contribution is 2.44. The van der Waals surface area contributed by atoms with Crippen LogP contribution in [0.3, 0.4) is 0 Å². The number of benzene rings is 3. The SMILES string of the molecule is COc1cc([C@@H]2SCC(=O)N2c2ccc(Cl)cc2)ccc1OCc1ccccc1F. The Morgan fingerprint density at radius 1 is 1.10 bits per heavy atom. The summed E-state index contributed by atoms with van der Waals surface area (Å²) in [6.07, 6.45) is 0. The van der Waals surface area contributed by atoms with E-state index in [1.807, 2.05) is 24.3 Å². The highest BCUT2D eigenvalue weighted by atomic mass is 35.5. The van der Waals surface area contributed by atoms with E-state index in [0.717, 1.165) is 11.3 Å². The lowest BCUT2D eigenvalue weighted by Crippen LogP contribution is -2.27. The van der Waals surface area contributed by atoms with Gasteiger partial charge in [-0.1, -0.05) is 35.9 Å². The highest BCUT2D eigenvalue weighted by molar-refractivity contribution is 8.00. The number of carbonyl (C=O) groups excluding carboxylic acids is 1. The van der Waals surface area contributed by atoms with Crippen LogP contribution >= 0.6 is 23.4 Å². The van der Waals surface area contributed by atoms with Gasteiger partial charge in [0.15, 0.2) is 11.5 Å². The van der Waals surface area contributed by atoms with Crippen molar-refractivity contribution < 1.29 is 18.7 Å². The monoisotopic (exact) mass is 443 g/mol. The fourth-order valence-electron chi connectivity index (χ4n) is 3.28. The molecule has 1 amide bonds. The Kier molecular flexibility index (Phi) is 6.16. The molecule has 4 rings (SSSR count). The van der Waals surface area contributed by atoms with Gasteiger partial charge in [-0.3, -0.25) is 9.69 Å². The van der Waals surface area contributed by atoms with Gasteiger partial charge in [0.2, 0.25) is 5.91 Å². The van der Waals surface area contributed by atoms with Crippen LogP contribution in [0.5, 0.6) is 11.5 Å². The van der Waals surface area contributed by atoms with E-state index in [2.05, 4.69) is 0 Å². The van der Waals surface area contributed by atoms with E-state index in [1.165, 1.54) is 6.07 Å². The van der Waals surface area contributed by atoms with Crippen LogP contribution in [-0.2, 0) is 11.4 Å². The molecule has 0 aromatic heterocycles. The average molecular weight is 444 g/mol. The zero-order chi connectivity index (χ0) is 21.1. The smallest absolute Gasteiger partial charge is 0.238 e. The molecule has 1 aliphatic rings. The van der Waals surface area contributed by atoms with E-state index in [1.54, 1.807) is 60.2 Å². The first-order valence-corrected chi connectivity index (χ1v) is 10.7. The van der Waals surface area contributed by atoms with E-state index in [9.17, 15) is 9.18 Å². The summed E-state index contributed by atoms with van der Waals surface area (Å²) in [6.45, 7) is 0.0932. The van der Waals surface area contributed by atoms with Crippen LogP contribution in [-0.4, -0.2) is 18.8 Å². The molecular formula is C23H19ClFNO3S. The number of amides is 1. The standard InChI is InChI=1S/C23H19ClFNO3S/c1-28-21-12-15(6-11-20(21)29-13-16-4-2-3-5-19(16)25)23-26(22(27)14-30-23)18-9-7-17(24)8-10-18/h2-12,23H,13-14H2,1H3/t23-/m0/s1. The number of nitrogens with zero attached hydrogens (tertiary/aromatic N) is 1. The summed E-state index contributed by atoms with van der Waals surface area (Å²) < 4.78 is 25.1. The third kappa shape index (κ3) is 4.25. The van der Waals surface area contributed by atoms with Crippen molar-refractivity contribution in [1.82, 2.24) is 0 Å². The third-order valence-electron chi connectivity index (χ3n) is 4.79. The molecule has 3 aromatic rings. The van der Waals surface area contributed by atoms with Crippen molar-refractivity contribution in [2.75, 3.05) is 17.8 Å². The molecule has 0 saturated carbocycles. The van der Waals surface area contributed by atoms with Gasteiger partial charge in [-0.15, -0.1) is 11.8 Å². The first kappa shape index (κ1) is 20.6. The number of anilines is 1. The van der Waals surface area contributed by atoms with Crippen molar-refractivity contribution in [3.05, 3.63) is 88.7 Å². The minimum absolute atomic E-state index is 0.0335. The molecule has 0 spiro atoms. The summed E-state index contributed by atoms with van der Waals surface area (Å²) in [7, 11) is 1.55. The number of thioether (sulfide) groups is 1. The van der Waals surface area contributed by atoms with Gasteiger partial charge < -0.3 is 9.47 Å². The first-order chi connectivity index (χ1) is 14.6. The number of hydrogen-bond acceptors (Lipinski definition) is 4. The molecule has 0 unspecified atom stereocenters. The molecule has 1 aliphatic heterocycles. The van der Waals surface area contributed by atoms with Crippen LogP contribution in [0, 0.1) is 5.82 Å². The van der Waals surface area contributed by atoms with Crippen molar-refractivity contribution in [2.24, 2.45) is 0 Å². The van der Waals surface area contributed by atoms with Crippen molar-refractivity contribution in [3.8, 4) is 11.5 Å². The maximum Gasteiger partial charge on any atom is 0.238 e. The van der Waals surface area contributed by atoms with E-state index in [0.29, 0.717) is 27.8 Å². The first-order valence-electron chi connectivity index (χ1n) is 9.30. The number of methoxy groups -OCH3 is 1. The van der Waals surface area contributed by atoms with E-state index in [-0.39, 0.29) is 23.7 Å². The Balaban J connectivity index is 1.57. The van der Waals surface area contributed by atoms with Gasteiger partial charge in [0, 0.05) is 16.3 Å². The zero-order valence-electron chi connectivity index (χ0n) is 16.2. The molecule has 30 heavy (non-hydrogen) atoms. The number of halogens is 2. The van der Waals surface area contributed by atoms with Crippen molar-refractivity contribution >= 4 is 35.0 Å². The fourth-order valence-corrected chi connectivity index (χ4v) is 4.57. The van der Waals surface area contributed by atoms with Crippen LogP contribution in [0.15, 0.2) is 66.7 Å².